The molecule has 0 amide bonds. The Morgan fingerprint density at radius 3 is 2.00 bits per heavy atom. The number of carbonyl (C=O) groups is 2. The lowest BCUT2D eigenvalue weighted by Gasteiger charge is -2.46. The lowest BCUT2D eigenvalue weighted by Crippen LogP contribution is -2.51. The smallest absolute Gasteiger partial charge is 0.475 e. The molecule has 0 atom stereocenters. The zero-order chi connectivity index (χ0) is 31.1. The third-order valence-electron chi connectivity index (χ3n) is 6.64. The molecule has 42 heavy (non-hydrogen) atoms. The maximum absolute atomic E-state index is 10.6. The summed E-state index contributed by atoms with van der Waals surface area (Å²) >= 11 is 0. The number of carboxylic acids is 2. The molecular weight excluding hydrogens is 574 g/mol. The molecule has 1 spiro atoms. The van der Waals surface area contributed by atoms with Crippen LogP contribution in [0, 0.1) is 6.92 Å². The molecule has 4 heterocycles. The van der Waals surface area contributed by atoms with E-state index in [9.17, 15) is 26.3 Å². The van der Waals surface area contributed by atoms with Crippen LogP contribution in [0.1, 0.15) is 29.9 Å². The van der Waals surface area contributed by atoms with Crippen molar-refractivity contribution in [3.05, 3.63) is 71.9 Å². The van der Waals surface area contributed by atoms with Crippen LogP contribution in [0.3, 0.4) is 0 Å². The Morgan fingerprint density at radius 2 is 1.50 bits per heavy atom. The van der Waals surface area contributed by atoms with Crippen LogP contribution in [0.2, 0.25) is 0 Å². The predicted octanol–water partition coefficient (Wildman–Crippen LogP) is 5.04. The Labute approximate surface area is 236 Å². The number of alkyl halides is 6. The monoisotopic (exact) mass is 602 g/mol. The molecule has 3 aromatic rings. The van der Waals surface area contributed by atoms with Crippen molar-refractivity contribution in [1.29, 1.82) is 0 Å². The van der Waals surface area contributed by atoms with Crippen LogP contribution in [0.15, 0.2) is 54.9 Å². The minimum Gasteiger partial charge on any atom is -0.475 e. The van der Waals surface area contributed by atoms with Crippen molar-refractivity contribution in [1.82, 2.24) is 19.4 Å². The fourth-order valence-electron chi connectivity index (χ4n) is 4.56. The number of likely N-dealkylation sites (tertiary alicyclic amines) is 1. The van der Waals surface area contributed by atoms with Crippen molar-refractivity contribution in [2.45, 2.75) is 50.8 Å². The van der Waals surface area contributed by atoms with Crippen LogP contribution in [-0.4, -0.2) is 73.6 Å². The topological polar surface area (TPSA) is 118 Å². The van der Waals surface area contributed by atoms with Crippen molar-refractivity contribution in [3.63, 3.8) is 0 Å². The number of aliphatic carboxylic acids is 2. The average Bonchev–Trinajstić information content (AvgIpc) is 3.37. The first-order valence-electron chi connectivity index (χ1n) is 12.6. The highest BCUT2D eigenvalue weighted by molar-refractivity contribution is 5.73. The van der Waals surface area contributed by atoms with Gasteiger partial charge in [0, 0.05) is 25.8 Å². The molecule has 0 aliphatic carbocycles. The lowest BCUT2D eigenvalue weighted by atomic mass is 9.86. The van der Waals surface area contributed by atoms with Gasteiger partial charge >= 0.3 is 24.3 Å². The number of nitrogens with zero attached hydrogens (tertiary/aromatic N) is 4. The second-order valence-electron chi connectivity index (χ2n) is 9.68. The van der Waals surface area contributed by atoms with E-state index in [1.54, 1.807) is 0 Å². The Hall–Kier alpha value is -3.98. The molecule has 0 saturated carbocycles. The fourth-order valence-corrected chi connectivity index (χ4v) is 4.56. The van der Waals surface area contributed by atoms with Crippen LogP contribution < -0.4 is 0 Å². The third-order valence-corrected chi connectivity index (χ3v) is 6.64. The summed E-state index contributed by atoms with van der Waals surface area (Å²) < 4.78 is 72.0. The van der Waals surface area contributed by atoms with Gasteiger partial charge in [-0.05, 0) is 37.5 Å². The first kappa shape index (κ1) is 32.5. The molecule has 0 bridgehead atoms. The Bertz CT molecular complexity index is 1310. The second kappa shape index (κ2) is 13.3. The number of ether oxygens (including phenoxy) is 1. The van der Waals surface area contributed by atoms with E-state index in [1.807, 2.05) is 18.5 Å². The normalized spacial score (nSPS) is 16.4. The Balaban J connectivity index is 0.000000289. The number of pyridine rings is 1. The molecule has 5 rings (SSSR count). The van der Waals surface area contributed by atoms with Gasteiger partial charge in [-0.3, -0.25) is 9.88 Å². The molecule has 2 aliphatic heterocycles. The van der Waals surface area contributed by atoms with E-state index in [0.717, 1.165) is 50.6 Å². The number of fused-ring (bicyclic) bond motifs is 2. The maximum atomic E-state index is 10.6. The van der Waals surface area contributed by atoms with Gasteiger partial charge in [0.05, 0.1) is 29.7 Å². The van der Waals surface area contributed by atoms with Crippen molar-refractivity contribution < 1.29 is 50.9 Å². The van der Waals surface area contributed by atoms with E-state index in [1.165, 1.54) is 16.8 Å². The SMILES string of the molecule is Cc1ccc(-c2cnc3n2C2(CCN(Cc4ccccn4)CC2)COC3)cc1.O=C(O)C(F)(F)F.O=C(O)C(F)(F)F. The van der Waals surface area contributed by atoms with Gasteiger partial charge in [0.25, 0.3) is 0 Å². The third kappa shape index (κ3) is 8.52. The number of piperidine rings is 1. The molecule has 15 heteroatoms. The maximum Gasteiger partial charge on any atom is 0.490 e. The van der Waals surface area contributed by atoms with E-state index in [-0.39, 0.29) is 5.54 Å². The highest BCUT2D eigenvalue weighted by Crippen LogP contribution is 2.39. The molecule has 9 nitrogen and oxygen atoms in total. The summed E-state index contributed by atoms with van der Waals surface area (Å²) in [7, 11) is 0. The quantitative estimate of drug-likeness (QED) is 0.401. The zero-order valence-corrected chi connectivity index (χ0v) is 22.3. The number of hydrogen-bond donors (Lipinski definition) is 2. The molecule has 2 aromatic heterocycles. The van der Waals surface area contributed by atoms with Crippen LogP contribution in [-0.2, 0) is 33.0 Å². The minimum absolute atomic E-state index is 0.00488. The van der Waals surface area contributed by atoms with Gasteiger partial charge in [0.2, 0.25) is 0 Å². The first-order valence-corrected chi connectivity index (χ1v) is 12.6. The van der Waals surface area contributed by atoms with Crippen molar-refractivity contribution >= 4 is 11.9 Å². The lowest BCUT2D eigenvalue weighted by molar-refractivity contribution is -0.193. The standard InChI is InChI=1S/C23H26N4O.2C2HF3O2/c1-18-5-7-19(8-6-18)21-14-25-22-16-28-17-23(27(21)22)9-12-26(13-10-23)15-20-4-2-3-11-24-20;2*3-2(4,5)1(6)7/h2-8,11,14H,9-10,12-13,15-17H2,1H3;2*(H,6,7). The van der Waals surface area contributed by atoms with Crippen molar-refractivity contribution in [2.24, 2.45) is 0 Å². The molecular formula is C27H28F6N4O5. The molecule has 1 aromatic carbocycles. The molecule has 0 radical (unpaired) electrons. The summed E-state index contributed by atoms with van der Waals surface area (Å²) in [5.74, 6) is -4.46. The van der Waals surface area contributed by atoms with E-state index < -0.39 is 24.3 Å². The summed E-state index contributed by atoms with van der Waals surface area (Å²) in [4.78, 5) is 29.5. The van der Waals surface area contributed by atoms with Gasteiger partial charge in [-0.2, -0.15) is 26.3 Å². The van der Waals surface area contributed by atoms with E-state index >= 15 is 0 Å². The molecule has 2 aliphatic rings. The molecule has 2 N–H and O–H groups in total. The van der Waals surface area contributed by atoms with Gasteiger partial charge in [-0.25, -0.2) is 14.6 Å². The predicted molar refractivity (Wildman–Crippen MR) is 136 cm³/mol. The summed E-state index contributed by atoms with van der Waals surface area (Å²) in [5, 5.41) is 14.2. The molecule has 228 valence electrons. The van der Waals surface area contributed by atoms with Crippen LogP contribution >= 0.6 is 0 Å². The van der Waals surface area contributed by atoms with Crippen LogP contribution in [0.25, 0.3) is 11.3 Å². The second-order valence-corrected chi connectivity index (χ2v) is 9.68. The largest absolute Gasteiger partial charge is 0.490 e. The number of aromatic nitrogens is 3. The van der Waals surface area contributed by atoms with E-state index in [0.29, 0.717) is 6.61 Å². The van der Waals surface area contributed by atoms with E-state index in [4.69, 9.17) is 29.5 Å². The number of halogens is 6. The molecule has 1 fully saturated rings. The van der Waals surface area contributed by atoms with Gasteiger partial charge in [0.1, 0.15) is 12.4 Å². The average molecular weight is 603 g/mol. The van der Waals surface area contributed by atoms with E-state index in [2.05, 4.69) is 57.8 Å². The number of hydrogen-bond acceptors (Lipinski definition) is 6. The van der Waals surface area contributed by atoms with Crippen LogP contribution in [0.4, 0.5) is 26.3 Å². The van der Waals surface area contributed by atoms with Gasteiger partial charge in [-0.15, -0.1) is 0 Å². The van der Waals surface area contributed by atoms with Gasteiger partial charge in [-0.1, -0.05) is 35.9 Å². The summed E-state index contributed by atoms with van der Waals surface area (Å²) in [6, 6.07) is 14.9. The fraction of sp³-hybridized carbons (Fsp3) is 0.407. The number of benzene rings is 1. The zero-order valence-electron chi connectivity index (χ0n) is 22.3. The van der Waals surface area contributed by atoms with Crippen molar-refractivity contribution in [3.8, 4) is 11.3 Å². The number of aryl methyl sites for hydroxylation is 1. The Morgan fingerprint density at radius 1 is 0.929 bits per heavy atom. The van der Waals surface area contributed by atoms with Crippen molar-refractivity contribution in [2.75, 3.05) is 19.7 Å². The number of imidazole rings is 1. The summed E-state index contributed by atoms with van der Waals surface area (Å²) in [6.45, 7) is 6.51. The summed E-state index contributed by atoms with van der Waals surface area (Å²) in [6.07, 6.45) is -4.12. The number of carboxylic acid groups (broad SMARTS) is 2. The Kier molecular flexibility index (Phi) is 10.3. The first-order chi connectivity index (χ1) is 19.6. The summed E-state index contributed by atoms with van der Waals surface area (Å²) in [5.41, 5.74) is 4.88. The number of rotatable bonds is 3. The van der Waals surface area contributed by atoms with Gasteiger partial charge in [0.15, 0.2) is 0 Å². The highest BCUT2D eigenvalue weighted by Gasteiger charge is 2.42. The minimum atomic E-state index is -5.08. The van der Waals surface area contributed by atoms with Crippen LogP contribution in [0.5, 0.6) is 0 Å². The highest BCUT2D eigenvalue weighted by atomic mass is 19.4. The van der Waals surface area contributed by atoms with Gasteiger partial charge < -0.3 is 19.5 Å². The molecule has 1 saturated heterocycles. The molecule has 0 unspecified atom stereocenters.